The molecular weight excluding hydrogens is 270 g/mol. The molecule has 1 saturated carbocycles. The number of aromatic nitrogens is 1. The third kappa shape index (κ3) is 3.77. The smallest absolute Gasteiger partial charge is 0.354 e. The highest BCUT2D eigenvalue weighted by molar-refractivity contribution is 5.99. The van der Waals surface area contributed by atoms with Crippen molar-refractivity contribution in [2.75, 3.05) is 5.32 Å². The van der Waals surface area contributed by atoms with Gasteiger partial charge in [-0.05, 0) is 44.1 Å². The predicted molar refractivity (Wildman–Crippen MR) is 80.6 cm³/mol. The van der Waals surface area contributed by atoms with Crippen LogP contribution in [0.25, 0.3) is 0 Å². The van der Waals surface area contributed by atoms with Gasteiger partial charge in [-0.3, -0.25) is 0 Å². The molecule has 6 heteroatoms. The minimum Gasteiger partial charge on any atom is -0.477 e. The van der Waals surface area contributed by atoms with Crippen LogP contribution in [0.3, 0.4) is 0 Å². The molecule has 1 heterocycles. The molecule has 1 aliphatic rings. The lowest BCUT2D eigenvalue weighted by Gasteiger charge is -2.33. The number of rotatable bonds is 3. The van der Waals surface area contributed by atoms with Crippen LogP contribution in [0.15, 0.2) is 6.07 Å². The van der Waals surface area contributed by atoms with E-state index in [0.717, 1.165) is 19.3 Å². The van der Waals surface area contributed by atoms with Gasteiger partial charge in [-0.2, -0.15) is 0 Å². The van der Waals surface area contributed by atoms with Crippen LogP contribution in [-0.2, 0) is 0 Å². The molecule has 0 radical (unpaired) electrons. The first-order valence-electron chi connectivity index (χ1n) is 7.37. The molecule has 0 aromatic carbocycles. The fraction of sp³-hybridized carbons (Fsp3) is 0.600. The van der Waals surface area contributed by atoms with E-state index in [1.807, 2.05) is 0 Å². The Kier molecular flexibility index (Phi) is 4.55. The molecule has 1 aromatic rings. The van der Waals surface area contributed by atoms with Gasteiger partial charge in [0.05, 0.1) is 5.69 Å². The largest absolute Gasteiger partial charge is 0.477 e. The van der Waals surface area contributed by atoms with Gasteiger partial charge in [0.15, 0.2) is 0 Å². The number of carbonyl (C=O) groups is 2. The molecule has 0 spiro atoms. The van der Waals surface area contributed by atoms with E-state index in [0.29, 0.717) is 23.2 Å². The molecule has 2 rings (SSSR count). The molecule has 0 aliphatic heterocycles. The number of H-pyrrole nitrogens is 1. The maximum Gasteiger partial charge on any atom is 0.354 e. The Bertz CT molecular complexity index is 538. The molecule has 6 nitrogen and oxygen atoms in total. The first-order chi connectivity index (χ1) is 9.86. The highest BCUT2D eigenvalue weighted by atomic mass is 16.4. The van der Waals surface area contributed by atoms with Crippen LogP contribution in [0.1, 0.15) is 49.3 Å². The van der Waals surface area contributed by atoms with Crippen LogP contribution < -0.4 is 10.6 Å². The van der Waals surface area contributed by atoms with E-state index >= 15 is 0 Å². The summed E-state index contributed by atoms with van der Waals surface area (Å²) in [6, 6.07) is 1.42. The molecule has 21 heavy (non-hydrogen) atoms. The Hall–Kier alpha value is -1.98. The molecule has 1 aliphatic carbocycles. The highest BCUT2D eigenvalue weighted by Gasteiger charge is 2.27. The second-order valence-electron chi connectivity index (χ2n) is 6.15. The van der Waals surface area contributed by atoms with Gasteiger partial charge in [0.1, 0.15) is 5.69 Å². The molecule has 4 N–H and O–H groups in total. The minimum atomic E-state index is -1.08. The standard InChI is InChI=1S/C15H23N3O3/c1-8-4-5-11(9(2)6-8)17-15(21)18-12-7-10(3)16-13(12)14(19)20/h7-9,11,16H,4-6H2,1-3H3,(H,19,20)(H2,17,18,21). The number of aryl methyl sites for hydroxylation is 1. The van der Waals surface area contributed by atoms with Crippen molar-refractivity contribution < 1.29 is 14.7 Å². The molecule has 1 aromatic heterocycles. The Morgan fingerprint density at radius 1 is 1.33 bits per heavy atom. The van der Waals surface area contributed by atoms with Gasteiger partial charge in [-0.25, -0.2) is 9.59 Å². The number of hydrogen-bond acceptors (Lipinski definition) is 2. The molecule has 3 unspecified atom stereocenters. The van der Waals surface area contributed by atoms with Crippen molar-refractivity contribution in [3.8, 4) is 0 Å². The Labute approximate surface area is 124 Å². The van der Waals surface area contributed by atoms with E-state index in [1.54, 1.807) is 13.0 Å². The summed E-state index contributed by atoms with van der Waals surface area (Å²) in [6.07, 6.45) is 3.18. The van der Waals surface area contributed by atoms with Crippen LogP contribution in [0.2, 0.25) is 0 Å². The molecule has 116 valence electrons. The molecule has 3 atom stereocenters. The Balaban J connectivity index is 1.97. The van der Waals surface area contributed by atoms with Gasteiger partial charge >= 0.3 is 12.0 Å². The number of amides is 2. The van der Waals surface area contributed by atoms with Crippen molar-refractivity contribution in [3.05, 3.63) is 17.5 Å². The van der Waals surface area contributed by atoms with Gasteiger partial charge in [-0.15, -0.1) is 0 Å². The summed E-state index contributed by atoms with van der Waals surface area (Å²) in [7, 11) is 0. The van der Waals surface area contributed by atoms with Crippen LogP contribution in [-0.4, -0.2) is 28.1 Å². The van der Waals surface area contributed by atoms with Crippen molar-refractivity contribution in [1.29, 1.82) is 0 Å². The van der Waals surface area contributed by atoms with Crippen LogP contribution >= 0.6 is 0 Å². The topological polar surface area (TPSA) is 94.2 Å². The zero-order valence-electron chi connectivity index (χ0n) is 12.7. The number of carboxylic acid groups (broad SMARTS) is 1. The zero-order chi connectivity index (χ0) is 15.6. The number of carboxylic acids is 1. The summed E-state index contributed by atoms with van der Waals surface area (Å²) in [5.41, 5.74) is 1.00. The molecule has 1 fully saturated rings. The van der Waals surface area contributed by atoms with Crippen molar-refractivity contribution in [2.45, 2.75) is 46.1 Å². The number of aromatic amines is 1. The monoisotopic (exact) mass is 293 g/mol. The van der Waals surface area contributed by atoms with E-state index in [4.69, 9.17) is 5.11 Å². The molecule has 0 saturated heterocycles. The lowest BCUT2D eigenvalue weighted by atomic mass is 9.80. The minimum absolute atomic E-state index is 0.00737. The molecular formula is C15H23N3O3. The second kappa shape index (κ2) is 6.20. The van der Waals surface area contributed by atoms with E-state index in [9.17, 15) is 9.59 Å². The fourth-order valence-electron chi connectivity index (χ4n) is 3.06. The number of urea groups is 1. The van der Waals surface area contributed by atoms with Crippen molar-refractivity contribution in [2.24, 2.45) is 11.8 Å². The van der Waals surface area contributed by atoms with Gasteiger partial charge < -0.3 is 20.7 Å². The predicted octanol–water partition coefficient (Wildman–Crippen LogP) is 2.97. The van der Waals surface area contributed by atoms with Gasteiger partial charge in [0, 0.05) is 11.7 Å². The Morgan fingerprint density at radius 3 is 2.67 bits per heavy atom. The number of aromatic carboxylic acids is 1. The van der Waals surface area contributed by atoms with E-state index in [-0.39, 0.29) is 17.8 Å². The highest BCUT2D eigenvalue weighted by Crippen LogP contribution is 2.28. The summed E-state index contributed by atoms with van der Waals surface area (Å²) in [4.78, 5) is 25.9. The average molecular weight is 293 g/mol. The fourth-order valence-corrected chi connectivity index (χ4v) is 3.06. The van der Waals surface area contributed by atoms with Crippen molar-refractivity contribution in [1.82, 2.24) is 10.3 Å². The van der Waals surface area contributed by atoms with Gasteiger partial charge in [-0.1, -0.05) is 13.8 Å². The quantitative estimate of drug-likeness (QED) is 0.690. The molecule has 0 bridgehead atoms. The summed E-state index contributed by atoms with van der Waals surface area (Å²) >= 11 is 0. The maximum absolute atomic E-state index is 12.1. The average Bonchev–Trinajstić information content (AvgIpc) is 2.74. The van der Waals surface area contributed by atoms with Crippen LogP contribution in [0.5, 0.6) is 0 Å². The van der Waals surface area contributed by atoms with E-state index < -0.39 is 5.97 Å². The second-order valence-corrected chi connectivity index (χ2v) is 6.15. The van der Waals surface area contributed by atoms with Crippen LogP contribution in [0, 0.1) is 18.8 Å². The Morgan fingerprint density at radius 2 is 2.05 bits per heavy atom. The number of nitrogens with one attached hydrogen (secondary N) is 3. The van der Waals surface area contributed by atoms with Gasteiger partial charge in [0.2, 0.25) is 0 Å². The van der Waals surface area contributed by atoms with Crippen molar-refractivity contribution in [3.63, 3.8) is 0 Å². The van der Waals surface area contributed by atoms with Gasteiger partial charge in [0.25, 0.3) is 0 Å². The lowest BCUT2D eigenvalue weighted by Crippen LogP contribution is -2.44. The first-order valence-corrected chi connectivity index (χ1v) is 7.37. The molecule has 2 amide bonds. The normalized spacial score (nSPS) is 25.4. The van der Waals surface area contributed by atoms with E-state index in [1.165, 1.54) is 0 Å². The lowest BCUT2D eigenvalue weighted by molar-refractivity contribution is 0.0692. The SMILES string of the molecule is Cc1cc(NC(=O)NC2CCC(C)CC2C)c(C(=O)O)[nH]1. The van der Waals surface area contributed by atoms with Crippen molar-refractivity contribution >= 4 is 17.7 Å². The summed E-state index contributed by atoms with van der Waals surface area (Å²) in [5.74, 6) is 0.0525. The first kappa shape index (κ1) is 15.4. The number of carbonyl (C=O) groups excluding carboxylic acids is 1. The number of anilines is 1. The van der Waals surface area contributed by atoms with E-state index in [2.05, 4.69) is 29.5 Å². The zero-order valence-corrected chi connectivity index (χ0v) is 12.7. The summed E-state index contributed by atoms with van der Waals surface area (Å²) in [5, 5.41) is 14.7. The third-order valence-electron chi connectivity index (χ3n) is 4.16. The summed E-state index contributed by atoms with van der Waals surface area (Å²) < 4.78 is 0. The third-order valence-corrected chi connectivity index (χ3v) is 4.16. The summed E-state index contributed by atoms with van der Waals surface area (Å²) in [6.45, 7) is 6.12. The van der Waals surface area contributed by atoms with Crippen LogP contribution in [0.4, 0.5) is 10.5 Å². The maximum atomic E-state index is 12.1. The number of hydrogen-bond donors (Lipinski definition) is 4.